The highest BCUT2D eigenvalue weighted by molar-refractivity contribution is 7.99. The third-order valence-electron chi connectivity index (χ3n) is 5.80. The lowest BCUT2D eigenvalue weighted by molar-refractivity contribution is -0.118. The number of hydrogen-bond donors (Lipinski definition) is 1. The average molecular weight is 447 g/mol. The Hall–Kier alpha value is -2.42. The molecule has 8 nitrogen and oxygen atoms in total. The standard InChI is InChI=1S/C22H30N4O4S/c1-28-17-11-14(12-18(29-2)20(17)30-3)21-24-25-22(26(21)16-7-5-4-6-8-16)31-13-19(27)23-15-9-10-15/h11-12,15-16H,4-10,13H2,1-3H3,(H,23,27). The number of nitrogens with one attached hydrogen (secondary N) is 1. The van der Waals surface area contributed by atoms with Crippen LogP contribution in [-0.4, -0.2) is 53.8 Å². The minimum Gasteiger partial charge on any atom is -0.493 e. The van der Waals surface area contributed by atoms with Gasteiger partial charge in [0.1, 0.15) is 0 Å². The lowest BCUT2D eigenvalue weighted by Crippen LogP contribution is -2.27. The van der Waals surface area contributed by atoms with Crippen molar-refractivity contribution in [3.05, 3.63) is 12.1 Å². The SMILES string of the molecule is COc1cc(-c2nnc(SCC(=O)NC3CC3)n2C2CCCCC2)cc(OC)c1OC. The number of nitrogens with zero attached hydrogens (tertiary/aromatic N) is 3. The number of benzene rings is 1. The Morgan fingerprint density at radius 1 is 1.03 bits per heavy atom. The maximum absolute atomic E-state index is 12.2. The summed E-state index contributed by atoms with van der Waals surface area (Å²) in [5.41, 5.74) is 0.849. The summed E-state index contributed by atoms with van der Waals surface area (Å²) in [5, 5.41) is 12.8. The van der Waals surface area contributed by atoms with E-state index in [0.717, 1.165) is 42.2 Å². The van der Waals surface area contributed by atoms with Gasteiger partial charge in [0.25, 0.3) is 0 Å². The molecule has 2 saturated carbocycles. The fourth-order valence-corrected chi connectivity index (χ4v) is 4.89. The van der Waals surface area contributed by atoms with Crippen molar-refractivity contribution in [1.29, 1.82) is 0 Å². The van der Waals surface area contributed by atoms with Crippen LogP contribution in [0.3, 0.4) is 0 Å². The van der Waals surface area contributed by atoms with Crippen molar-refractivity contribution in [2.45, 2.75) is 62.2 Å². The van der Waals surface area contributed by atoms with E-state index in [9.17, 15) is 4.79 Å². The van der Waals surface area contributed by atoms with Gasteiger partial charge >= 0.3 is 0 Å². The van der Waals surface area contributed by atoms with Crippen LogP contribution in [-0.2, 0) is 4.79 Å². The van der Waals surface area contributed by atoms with Crippen molar-refractivity contribution in [3.63, 3.8) is 0 Å². The highest BCUT2D eigenvalue weighted by Gasteiger charge is 2.27. The van der Waals surface area contributed by atoms with Gasteiger partial charge in [0.15, 0.2) is 22.5 Å². The Morgan fingerprint density at radius 3 is 2.29 bits per heavy atom. The fraction of sp³-hybridized carbons (Fsp3) is 0.591. The van der Waals surface area contributed by atoms with E-state index in [1.54, 1.807) is 21.3 Å². The second kappa shape index (κ2) is 9.80. The molecule has 1 amide bonds. The predicted octanol–water partition coefficient (Wildman–Crippen LogP) is 3.85. The first kappa shape index (κ1) is 21.8. The van der Waals surface area contributed by atoms with Crippen molar-refractivity contribution in [3.8, 4) is 28.6 Å². The van der Waals surface area contributed by atoms with Gasteiger partial charge in [-0.25, -0.2) is 0 Å². The molecule has 1 heterocycles. The molecule has 31 heavy (non-hydrogen) atoms. The zero-order valence-electron chi connectivity index (χ0n) is 18.3. The maximum Gasteiger partial charge on any atom is 0.230 e. The van der Waals surface area contributed by atoms with Crippen LogP contribution in [0.5, 0.6) is 17.2 Å². The van der Waals surface area contributed by atoms with Crippen molar-refractivity contribution in [2.24, 2.45) is 0 Å². The van der Waals surface area contributed by atoms with Gasteiger partial charge in [0, 0.05) is 17.6 Å². The molecular weight excluding hydrogens is 416 g/mol. The van der Waals surface area contributed by atoms with Crippen molar-refractivity contribution in [1.82, 2.24) is 20.1 Å². The van der Waals surface area contributed by atoms with Crippen LogP contribution in [0.25, 0.3) is 11.4 Å². The maximum atomic E-state index is 12.2. The molecular formula is C22H30N4O4S. The molecule has 2 aromatic rings. The minimum absolute atomic E-state index is 0.0556. The van der Waals surface area contributed by atoms with E-state index in [1.807, 2.05) is 12.1 Å². The highest BCUT2D eigenvalue weighted by Crippen LogP contribution is 2.43. The monoisotopic (exact) mass is 446 g/mol. The first-order valence-electron chi connectivity index (χ1n) is 10.8. The first-order chi connectivity index (χ1) is 15.1. The van der Waals surface area contributed by atoms with E-state index >= 15 is 0 Å². The van der Waals surface area contributed by atoms with Crippen LogP contribution in [0.4, 0.5) is 0 Å². The van der Waals surface area contributed by atoms with E-state index in [1.165, 1.54) is 31.0 Å². The summed E-state index contributed by atoms with van der Waals surface area (Å²) < 4.78 is 18.7. The largest absolute Gasteiger partial charge is 0.493 e. The normalized spacial score (nSPS) is 16.7. The van der Waals surface area contributed by atoms with Crippen LogP contribution in [0.2, 0.25) is 0 Å². The number of carbonyl (C=O) groups excluding carboxylic acids is 1. The molecule has 2 fully saturated rings. The van der Waals surface area contributed by atoms with Crippen LogP contribution in [0.1, 0.15) is 51.0 Å². The third-order valence-corrected chi connectivity index (χ3v) is 6.75. The Balaban J connectivity index is 1.68. The molecule has 0 radical (unpaired) electrons. The number of hydrogen-bond acceptors (Lipinski definition) is 7. The second-order valence-electron chi connectivity index (χ2n) is 8.01. The number of amides is 1. The molecule has 0 bridgehead atoms. The smallest absolute Gasteiger partial charge is 0.230 e. The van der Waals surface area contributed by atoms with Crippen LogP contribution in [0.15, 0.2) is 17.3 Å². The van der Waals surface area contributed by atoms with Crippen molar-refractivity contribution >= 4 is 17.7 Å². The van der Waals surface area contributed by atoms with Crippen molar-refractivity contribution in [2.75, 3.05) is 27.1 Å². The zero-order chi connectivity index (χ0) is 21.8. The molecule has 2 aliphatic rings. The van der Waals surface area contributed by atoms with Gasteiger partial charge in [0.2, 0.25) is 11.7 Å². The molecule has 0 atom stereocenters. The van der Waals surface area contributed by atoms with Gasteiger partial charge in [-0.3, -0.25) is 9.36 Å². The average Bonchev–Trinajstić information content (AvgIpc) is 3.52. The number of rotatable bonds is 9. The molecule has 2 aliphatic carbocycles. The molecule has 0 saturated heterocycles. The van der Waals surface area contributed by atoms with E-state index in [0.29, 0.717) is 35.1 Å². The molecule has 0 unspecified atom stereocenters. The molecule has 4 rings (SSSR count). The molecule has 9 heteroatoms. The molecule has 168 valence electrons. The summed E-state index contributed by atoms with van der Waals surface area (Å²) >= 11 is 1.45. The summed E-state index contributed by atoms with van der Waals surface area (Å²) in [6.45, 7) is 0. The number of thioether (sulfide) groups is 1. The molecule has 1 N–H and O–H groups in total. The number of aromatic nitrogens is 3. The Morgan fingerprint density at radius 2 is 1.71 bits per heavy atom. The van der Waals surface area contributed by atoms with E-state index in [2.05, 4.69) is 20.1 Å². The zero-order valence-corrected chi connectivity index (χ0v) is 19.2. The second-order valence-corrected chi connectivity index (χ2v) is 8.95. The molecule has 0 aliphatic heterocycles. The van der Waals surface area contributed by atoms with Crippen molar-refractivity contribution < 1.29 is 19.0 Å². The fourth-order valence-electron chi connectivity index (χ4n) is 4.08. The summed E-state index contributed by atoms with van der Waals surface area (Å²) in [6, 6.07) is 4.48. The Bertz CT molecular complexity index is 897. The summed E-state index contributed by atoms with van der Waals surface area (Å²) in [5.74, 6) is 2.86. The van der Waals surface area contributed by atoms with Gasteiger partial charge in [0.05, 0.1) is 27.1 Å². The molecule has 1 aromatic carbocycles. The van der Waals surface area contributed by atoms with Crippen LogP contribution >= 0.6 is 11.8 Å². The van der Waals surface area contributed by atoms with E-state index in [4.69, 9.17) is 14.2 Å². The Labute approximate surface area is 187 Å². The third kappa shape index (κ3) is 4.92. The van der Waals surface area contributed by atoms with Gasteiger partial charge < -0.3 is 19.5 Å². The van der Waals surface area contributed by atoms with Gasteiger partial charge in [-0.1, -0.05) is 31.0 Å². The summed E-state index contributed by atoms with van der Waals surface area (Å²) in [7, 11) is 4.80. The predicted molar refractivity (Wildman–Crippen MR) is 119 cm³/mol. The van der Waals surface area contributed by atoms with E-state index in [-0.39, 0.29) is 5.91 Å². The number of ether oxygens (including phenoxy) is 3. The number of carbonyl (C=O) groups is 1. The molecule has 0 spiro atoms. The first-order valence-corrected chi connectivity index (χ1v) is 11.8. The minimum atomic E-state index is 0.0556. The lowest BCUT2D eigenvalue weighted by atomic mass is 9.95. The van der Waals surface area contributed by atoms with Gasteiger partial charge in [-0.15, -0.1) is 10.2 Å². The summed E-state index contributed by atoms with van der Waals surface area (Å²) in [4.78, 5) is 12.2. The van der Waals surface area contributed by atoms with Gasteiger partial charge in [-0.05, 0) is 37.8 Å². The van der Waals surface area contributed by atoms with Crippen LogP contribution in [0, 0.1) is 0 Å². The van der Waals surface area contributed by atoms with Crippen LogP contribution < -0.4 is 19.5 Å². The number of methoxy groups -OCH3 is 3. The molecule has 1 aromatic heterocycles. The highest BCUT2D eigenvalue weighted by atomic mass is 32.2. The van der Waals surface area contributed by atoms with E-state index < -0.39 is 0 Å². The van der Waals surface area contributed by atoms with Gasteiger partial charge in [-0.2, -0.15) is 0 Å². The quantitative estimate of drug-likeness (QED) is 0.586. The Kier molecular flexibility index (Phi) is 6.89. The topological polar surface area (TPSA) is 87.5 Å². The summed E-state index contributed by atoms with van der Waals surface area (Å²) in [6.07, 6.45) is 7.95. The lowest BCUT2D eigenvalue weighted by Gasteiger charge is -2.26.